The summed E-state index contributed by atoms with van der Waals surface area (Å²) in [5.41, 5.74) is -0.168. The molecule has 1 unspecified atom stereocenters. The van der Waals surface area contributed by atoms with Gasteiger partial charge < -0.3 is 20.1 Å². The Morgan fingerprint density at radius 1 is 1.60 bits per heavy atom. The number of carbonyl (C=O) groups is 1. The smallest absolute Gasteiger partial charge is 0.290 e. The quantitative estimate of drug-likeness (QED) is 0.662. The molecule has 1 fully saturated rings. The molecule has 0 radical (unpaired) electrons. The predicted molar refractivity (Wildman–Crippen MR) is 54.0 cm³/mol. The van der Waals surface area contributed by atoms with E-state index < -0.39 is 0 Å². The van der Waals surface area contributed by atoms with E-state index in [0.29, 0.717) is 13.2 Å². The lowest BCUT2D eigenvalue weighted by molar-refractivity contribution is -0.123. The van der Waals surface area contributed by atoms with Crippen LogP contribution in [0.4, 0.5) is 0 Å². The summed E-state index contributed by atoms with van der Waals surface area (Å²) in [5, 5.41) is 6.17. The number of hydrogen-bond donors (Lipinski definition) is 2. The third kappa shape index (κ3) is 2.41. The van der Waals surface area contributed by atoms with Crippen LogP contribution in [0.2, 0.25) is 0 Å². The van der Waals surface area contributed by atoms with Crippen molar-refractivity contribution in [3.05, 3.63) is 12.0 Å². The molecule has 1 amide bonds. The Morgan fingerprint density at radius 2 is 2.47 bits per heavy atom. The van der Waals surface area contributed by atoms with Crippen molar-refractivity contribution in [1.82, 2.24) is 10.6 Å². The highest BCUT2D eigenvalue weighted by Gasteiger charge is 2.31. The van der Waals surface area contributed by atoms with E-state index >= 15 is 0 Å². The minimum atomic E-state index is -0.194. The second-order valence-corrected chi connectivity index (χ2v) is 4.14. The monoisotopic (exact) mass is 212 g/mol. The van der Waals surface area contributed by atoms with E-state index in [1.165, 1.54) is 6.26 Å². The molecular formula is C10H16N2O3. The van der Waals surface area contributed by atoms with Crippen molar-refractivity contribution in [2.45, 2.75) is 18.9 Å². The maximum atomic E-state index is 11.7. The third-order valence-corrected chi connectivity index (χ3v) is 2.66. The van der Waals surface area contributed by atoms with Gasteiger partial charge in [-0.05, 0) is 19.9 Å². The summed E-state index contributed by atoms with van der Waals surface area (Å²) in [6.07, 6.45) is 2.32. The first-order chi connectivity index (χ1) is 7.20. The van der Waals surface area contributed by atoms with Crippen LogP contribution < -0.4 is 10.6 Å². The Bertz CT molecular complexity index is 282. The second-order valence-electron chi connectivity index (χ2n) is 4.14. The lowest BCUT2D eigenvalue weighted by Crippen LogP contribution is -2.48. The predicted octanol–water partition coefficient (Wildman–Crippen LogP) is -0.257. The van der Waals surface area contributed by atoms with Crippen LogP contribution >= 0.6 is 0 Å². The number of hydrogen-bond acceptors (Lipinski definition) is 4. The van der Waals surface area contributed by atoms with Gasteiger partial charge in [0.1, 0.15) is 19.5 Å². The molecule has 0 aromatic heterocycles. The lowest BCUT2D eigenvalue weighted by Gasteiger charge is -2.25. The van der Waals surface area contributed by atoms with Gasteiger partial charge in [-0.25, -0.2) is 0 Å². The summed E-state index contributed by atoms with van der Waals surface area (Å²) in [6, 6.07) is 0. The van der Waals surface area contributed by atoms with Gasteiger partial charge in [0.05, 0.1) is 5.54 Å². The zero-order valence-electron chi connectivity index (χ0n) is 8.84. The van der Waals surface area contributed by atoms with E-state index in [1.807, 2.05) is 6.92 Å². The van der Waals surface area contributed by atoms with Crippen LogP contribution in [0.15, 0.2) is 12.0 Å². The molecule has 0 aromatic rings. The molecule has 2 aliphatic heterocycles. The van der Waals surface area contributed by atoms with Gasteiger partial charge >= 0.3 is 0 Å². The van der Waals surface area contributed by atoms with Crippen molar-refractivity contribution in [1.29, 1.82) is 0 Å². The third-order valence-electron chi connectivity index (χ3n) is 2.66. The van der Waals surface area contributed by atoms with E-state index in [9.17, 15) is 4.79 Å². The van der Waals surface area contributed by atoms with Crippen molar-refractivity contribution in [3.63, 3.8) is 0 Å². The summed E-state index contributed by atoms with van der Waals surface area (Å²) in [5.74, 6) is 0.0790. The van der Waals surface area contributed by atoms with Crippen LogP contribution in [0.25, 0.3) is 0 Å². The molecule has 1 atom stereocenters. The summed E-state index contributed by atoms with van der Waals surface area (Å²) in [4.78, 5) is 11.7. The highest BCUT2D eigenvalue weighted by atomic mass is 16.6. The molecule has 0 aliphatic carbocycles. The molecule has 2 N–H and O–H groups in total. The van der Waals surface area contributed by atoms with Gasteiger partial charge in [0, 0.05) is 6.54 Å². The molecule has 0 aromatic carbocycles. The second kappa shape index (κ2) is 4.10. The molecule has 2 aliphatic rings. The summed E-state index contributed by atoms with van der Waals surface area (Å²) in [7, 11) is 0. The van der Waals surface area contributed by atoms with E-state index in [-0.39, 0.29) is 17.2 Å². The SMILES string of the molecule is CC1(NC(=O)C2=COCCO2)CCNC1. The molecule has 5 heteroatoms. The minimum absolute atomic E-state index is 0.168. The first-order valence-electron chi connectivity index (χ1n) is 5.17. The molecule has 0 saturated carbocycles. The number of carbonyl (C=O) groups excluding carboxylic acids is 1. The van der Waals surface area contributed by atoms with Crippen LogP contribution in [0.3, 0.4) is 0 Å². The van der Waals surface area contributed by atoms with Gasteiger partial charge in [-0.1, -0.05) is 0 Å². The summed E-state index contributed by atoms with van der Waals surface area (Å²) in [6.45, 7) is 4.71. The summed E-state index contributed by atoms with van der Waals surface area (Å²) >= 11 is 0. The van der Waals surface area contributed by atoms with Crippen LogP contribution in [-0.2, 0) is 14.3 Å². The van der Waals surface area contributed by atoms with E-state index in [1.54, 1.807) is 0 Å². The van der Waals surface area contributed by atoms with Crippen molar-refractivity contribution in [2.75, 3.05) is 26.3 Å². The maximum absolute atomic E-state index is 11.7. The van der Waals surface area contributed by atoms with Crippen molar-refractivity contribution in [3.8, 4) is 0 Å². The largest absolute Gasteiger partial charge is 0.494 e. The molecular weight excluding hydrogens is 196 g/mol. The van der Waals surface area contributed by atoms with Gasteiger partial charge in [0.15, 0.2) is 0 Å². The lowest BCUT2D eigenvalue weighted by atomic mass is 10.0. The fourth-order valence-electron chi connectivity index (χ4n) is 1.75. The van der Waals surface area contributed by atoms with Crippen molar-refractivity contribution in [2.24, 2.45) is 0 Å². The zero-order valence-corrected chi connectivity index (χ0v) is 8.84. The number of rotatable bonds is 2. The standard InChI is InChI=1S/C10H16N2O3/c1-10(2-3-11-7-10)12-9(13)8-6-14-4-5-15-8/h6,11H,2-5,7H2,1H3,(H,12,13). The number of ether oxygens (including phenoxy) is 2. The highest BCUT2D eigenvalue weighted by molar-refractivity contribution is 5.91. The fraction of sp³-hybridized carbons (Fsp3) is 0.700. The number of amides is 1. The number of nitrogens with one attached hydrogen (secondary N) is 2. The maximum Gasteiger partial charge on any atom is 0.290 e. The van der Waals surface area contributed by atoms with Crippen molar-refractivity contribution >= 4 is 5.91 Å². The van der Waals surface area contributed by atoms with Gasteiger partial charge in [-0.15, -0.1) is 0 Å². The zero-order chi connectivity index (χ0) is 10.7. The van der Waals surface area contributed by atoms with Crippen LogP contribution in [0.5, 0.6) is 0 Å². The molecule has 2 heterocycles. The van der Waals surface area contributed by atoms with Crippen LogP contribution in [0, 0.1) is 0 Å². The van der Waals surface area contributed by atoms with E-state index in [0.717, 1.165) is 19.5 Å². The Labute approximate surface area is 88.8 Å². The normalized spacial score (nSPS) is 30.1. The van der Waals surface area contributed by atoms with Gasteiger partial charge in [0.25, 0.3) is 5.91 Å². The van der Waals surface area contributed by atoms with Crippen LogP contribution in [0.1, 0.15) is 13.3 Å². The molecule has 0 bridgehead atoms. The summed E-state index contributed by atoms with van der Waals surface area (Å²) < 4.78 is 10.2. The average molecular weight is 212 g/mol. The van der Waals surface area contributed by atoms with E-state index in [4.69, 9.17) is 9.47 Å². The Morgan fingerprint density at radius 3 is 3.07 bits per heavy atom. The first kappa shape index (κ1) is 10.3. The van der Waals surface area contributed by atoms with Gasteiger partial charge in [0.2, 0.25) is 5.76 Å². The topological polar surface area (TPSA) is 59.6 Å². The molecule has 5 nitrogen and oxygen atoms in total. The van der Waals surface area contributed by atoms with Crippen molar-refractivity contribution < 1.29 is 14.3 Å². The first-order valence-corrected chi connectivity index (χ1v) is 5.17. The van der Waals surface area contributed by atoms with E-state index in [2.05, 4.69) is 10.6 Å². The minimum Gasteiger partial charge on any atom is -0.494 e. The molecule has 2 rings (SSSR count). The molecule has 1 saturated heterocycles. The van der Waals surface area contributed by atoms with Gasteiger partial charge in [-0.2, -0.15) is 0 Å². The van der Waals surface area contributed by atoms with Crippen LogP contribution in [-0.4, -0.2) is 37.7 Å². The Balaban J connectivity index is 1.93. The average Bonchev–Trinajstić information content (AvgIpc) is 2.66. The molecule has 0 spiro atoms. The highest BCUT2D eigenvalue weighted by Crippen LogP contribution is 2.15. The van der Waals surface area contributed by atoms with Gasteiger partial charge in [-0.3, -0.25) is 4.79 Å². The Hall–Kier alpha value is -1.23. The molecule has 15 heavy (non-hydrogen) atoms. The molecule has 84 valence electrons. The Kier molecular flexibility index (Phi) is 2.81. The fourth-order valence-corrected chi connectivity index (χ4v) is 1.75.